The van der Waals surface area contributed by atoms with Crippen molar-refractivity contribution in [3.63, 3.8) is 0 Å². The molecule has 0 fully saturated rings. The van der Waals surface area contributed by atoms with Gasteiger partial charge in [0.05, 0.1) is 25.4 Å². The summed E-state index contributed by atoms with van der Waals surface area (Å²) in [5, 5.41) is 18.5. The zero-order valence-electron chi connectivity index (χ0n) is 13.4. The SMILES string of the molecule is C=CC(O)CC(COc1ccc(CCCC)cc1)OCCO. The molecule has 0 amide bonds. The van der Waals surface area contributed by atoms with Crippen LogP contribution < -0.4 is 4.74 Å². The Morgan fingerprint density at radius 2 is 2.00 bits per heavy atom. The topological polar surface area (TPSA) is 58.9 Å². The van der Waals surface area contributed by atoms with Crippen LogP contribution in [0.2, 0.25) is 0 Å². The fourth-order valence-corrected chi connectivity index (χ4v) is 2.09. The van der Waals surface area contributed by atoms with Gasteiger partial charge in [-0.3, -0.25) is 0 Å². The first-order valence-corrected chi connectivity index (χ1v) is 7.94. The second-order valence-corrected chi connectivity index (χ2v) is 5.31. The molecule has 0 aliphatic carbocycles. The van der Waals surface area contributed by atoms with Gasteiger partial charge < -0.3 is 19.7 Å². The van der Waals surface area contributed by atoms with E-state index in [9.17, 15) is 5.11 Å². The van der Waals surface area contributed by atoms with Crippen molar-refractivity contribution in [3.8, 4) is 5.75 Å². The standard InChI is InChI=1S/C18H28O4/c1-3-5-6-15-7-9-17(10-8-15)22-14-18(21-12-11-19)13-16(20)4-2/h4,7-10,16,18-20H,2-3,5-6,11-14H2,1H3. The zero-order chi connectivity index (χ0) is 16.2. The van der Waals surface area contributed by atoms with Crippen LogP contribution in [0.1, 0.15) is 31.7 Å². The molecule has 0 spiro atoms. The van der Waals surface area contributed by atoms with Crippen molar-refractivity contribution in [2.45, 2.75) is 44.8 Å². The van der Waals surface area contributed by atoms with Crippen LogP contribution in [-0.4, -0.2) is 42.2 Å². The number of hydrogen-bond acceptors (Lipinski definition) is 4. The van der Waals surface area contributed by atoms with Crippen LogP contribution in [0.5, 0.6) is 5.75 Å². The summed E-state index contributed by atoms with van der Waals surface area (Å²) in [7, 11) is 0. The Morgan fingerprint density at radius 3 is 2.59 bits per heavy atom. The van der Waals surface area contributed by atoms with Crippen LogP contribution in [0.25, 0.3) is 0 Å². The molecule has 4 nitrogen and oxygen atoms in total. The van der Waals surface area contributed by atoms with Gasteiger partial charge in [0, 0.05) is 6.42 Å². The number of hydrogen-bond donors (Lipinski definition) is 2. The molecule has 0 aliphatic heterocycles. The minimum absolute atomic E-state index is 0.0488. The molecule has 4 heteroatoms. The summed E-state index contributed by atoms with van der Waals surface area (Å²) in [6, 6.07) is 8.07. The Bertz CT molecular complexity index is 402. The van der Waals surface area contributed by atoms with Gasteiger partial charge in [0.15, 0.2) is 0 Å². The fourth-order valence-electron chi connectivity index (χ4n) is 2.09. The molecule has 0 saturated carbocycles. The van der Waals surface area contributed by atoms with Crippen LogP contribution in [0.3, 0.4) is 0 Å². The molecule has 2 N–H and O–H groups in total. The molecule has 0 aliphatic rings. The molecule has 1 rings (SSSR count). The van der Waals surface area contributed by atoms with Gasteiger partial charge in [0.1, 0.15) is 12.4 Å². The summed E-state index contributed by atoms with van der Waals surface area (Å²) in [6.45, 7) is 6.25. The summed E-state index contributed by atoms with van der Waals surface area (Å²) < 4.78 is 11.2. The summed E-state index contributed by atoms with van der Waals surface area (Å²) in [4.78, 5) is 0. The minimum atomic E-state index is -0.635. The van der Waals surface area contributed by atoms with Crippen LogP contribution in [-0.2, 0) is 11.2 Å². The van der Waals surface area contributed by atoms with Crippen molar-refractivity contribution in [3.05, 3.63) is 42.5 Å². The molecule has 0 heterocycles. The lowest BCUT2D eigenvalue weighted by Crippen LogP contribution is -2.27. The lowest BCUT2D eigenvalue weighted by molar-refractivity contribution is -0.0172. The number of rotatable bonds is 12. The molecule has 1 aromatic rings. The zero-order valence-corrected chi connectivity index (χ0v) is 13.4. The number of ether oxygens (including phenoxy) is 2. The number of unbranched alkanes of at least 4 members (excludes halogenated alkanes) is 1. The van der Waals surface area contributed by atoms with Crippen LogP contribution in [0.4, 0.5) is 0 Å². The second kappa shape index (κ2) is 11.2. The van der Waals surface area contributed by atoms with Gasteiger partial charge in [0.2, 0.25) is 0 Å². The van der Waals surface area contributed by atoms with Gasteiger partial charge in [-0.2, -0.15) is 0 Å². The van der Waals surface area contributed by atoms with Gasteiger partial charge >= 0.3 is 0 Å². The fraction of sp³-hybridized carbons (Fsp3) is 0.556. The van der Waals surface area contributed by atoms with Gasteiger partial charge in [-0.05, 0) is 30.5 Å². The van der Waals surface area contributed by atoms with Gasteiger partial charge in [-0.15, -0.1) is 6.58 Å². The number of aryl methyl sites for hydroxylation is 1. The van der Waals surface area contributed by atoms with E-state index in [-0.39, 0.29) is 19.3 Å². The molecule has 0 aromatic heterocycles. The van der Waals surface area contributed by atoms with Crippen molar-refractivity contribution in [2.24, 2.45) is 0 Å². The van der Waals surface area contributed by atoms with E-state index in [1.807, 2.05) is 12.1 Å². The van der Waals surface area contributed by atoms with Crippen molar-refractivity contribution in [1.29, 1.82) is 0 Å². The Morgan fingerprint density at radius 1 is 1.27 bits per heavy atom. The first-order chi connectivity index (χ1) is 10.7. The van der Waals surface area contributed by atoms with E-state index in [1.165, 1.54) is 24.5 Å². The predicted octanol–water partition coefficient (Wildman–Crippen LogP) is 2.72. The van der Waals surface area contributed by atoms with Crippen LogP contribution in [0, 0.1) is 0 Å². The average Bonchev–Trinajstić information content (AvgIpc) is 2.56. The van der Waals surface area contributed by atoms with Gasteiger partial charge in [-0.25, -0.2) is 0 Å². The molecule has 0 saturated heterocycles. The first-order valence-electron chi connectivity index (χ1n) is 7.94. The maximum absolute atomic E-state index is 9.63. The lowest BCUT2D eigenvalue weighted by Gasteiger charge is -2.19. The maximum atomic E-state index is 9.63. The quantitative estimate of drug-likeness (QED) is 0.583. The molecule has 1 aromatic carbocycles. The minimum Gasteiger partial charge on any atom is -0.491 e. The highest BCUT2D eigenvalue weighted by atomic mass is 16.5. The highest BCUT2D eigenvalue weighted by Crippen LogP contribution is 2.15. The third-order valence-electron chi connectivity index (χ3n) is 3.40. The lowest BCUT2D eigenvalue weighted by atomic mass is 10.1. The molecule has 22 heavy (non-hydrogen) atoms. The third-order valence-corrected chi connectivity index (χ3v) is 3.40. The monoisotopic (exact) mass is 308 g/mol. The summed E-state index contributed by atoms with van der Waals surface area (Å²) in [5.74, 6) is 0.783. The van der Waals surface area contributed by atoms with E-state index in [0.717, 1.165) is 12.2 Å². The summed E-state index contributed by atoms with van der Waals surface area (Å²) >= 11 is 0. The predicted molar refractivity (Wildman–Crippen MR) is 88.2 cm³/mol. The average molecular weight is 308 g/mol. The highest BCUT2D eigenvalue weighted by molar-refractivity contribution is 5.27. The van der Waals surface area contributed by atoms with Crippen molar-refractivity contribution >= 4 is 0 Å². The Balaban J connectivity index is 2.46. The smallest absolute Gasteiger partial charge is 0.119 e. The Hall–Kier alpha value is -1.36. The van der Waals surface area contributed by atoms with Crippen molar-refractivity contribution in [1.82, 2.24) is 0 Å². The summed E-state index contributed by atoms with van der Waals surface area (Å²) in [6.07, 6.45) is 4.42. The van der Waals surface area contributed by atoms with E-state index in [2.05, 4.69) is 25.6 Å². The molecular weight excluding hydrogens is 280 g/mol. The Kier molecular flexibility index (Phi) is 9.55. The maximum Gasteiger partial charge on any atom is 0.119 e. The third kappa shape index (κ3) is 7.59. The molecule has 0 bridgehead atoms. The molecular formula is C18H28O4. The normalized spacial score (nSPS) is 13.6. The van der Waals surface area contributed by atoms with Crippen LogP contribution in [0.15, 0.2) is 36.9 Å². The van der Waals surface area contributed by atoms with E-state index < -0.39 is 6.10 Å². The van der Waals surface area contributed by atoms with Gasteiger partial charge in [-0.1, -0.05) is 31.6 Å². The summed E-state index contributed by atoms with van der Waals surface area (Å²) in [5.41, 5.74) is 1.31. The van der Waals surface area contributed by atoms with E-state index in [0.29, 0.717) is 13.0 Å². The number of benzene rings is 1. The molecule has 2 unspecified atom stereocenters. The van der Waals surface area contributed by atoms with Crippen LogP contribution >= 0.6 is 0 Å². The first kappa shape index (κ1) is 18.7. The van der Waals surface area contributed by atoms with E-state index >= 15 is 0 Å². The molecule has 2 atom stereocenters. The van der Waals surface area contributed by atoms with Crippen molar-refractivity contribution in [2.75, 3.05) is 19.8 Å². The van der Waals surface area contributed by atoms with Crippen molar-refractivity contribution < 1.29 is 19.7 Å². The number of aliphatic hydroxyl groups excluding tert-OH is 2. The van der Waals surface area contributed by atoms with Gasteiger partial charge in [0.25, 0.3) is 0 Å². The van der Waals surface area contributed by atoms with E-state index in [4.69, 9.17) is 14.6 Å². The highest BCUT2D eigenvalue weighted by Gasteiger charge is 2.14. The second-order valence-electron chi connectivity index (χ2n) is 5.31. The molecule has 124 valence electrons. The molecule has 0 radical (unpaired) electrons. The Labute approximate surface area is 133 Å². The largest absolute Gasteiger partial charge is 0.491 e. The van der Waals surface area contributed by atoms with E-state index in [1.54, 1.807) is 0 Å². The number of aliphatic hydroxyl groups is 2.